The minimum absolute atomic E-state index is 0.00725. The van der Waals surface area contributed by atoms with E-state index in [-0.39, 0.29) is 23.0 Å². The number of fused-ring (bicyclic) bond motifs is 7. The van der Waals surface area contributed by atoms with Crippen molar-refractivity contribution in [1.29, 1.82) is 0 Å². The van der Waals surface area contributed by atoms with E-state index in [0.717, 1.165) is 19.0 Å². The minimum atomic E-state index is -1.05. The number of carboxylic acids is 1. The van der Waals surface area contributed by atoms with E-state index in [1.807, 2.05) is 0 Å². The Morgan fingerprint density at radius 1 is 1.06 bits per heavy atom. The van der Waals surface area contributed by atoms with E-state index in [1.165, 1.54) is 24.3 Å². The lowest BCUT2D eigenvalue weighted by molar-refractivity contribution is 0.0698. The average Bonchev–Trinajstić information content (AvgIpc) is 2.75. The molecule has 0 fully saturated rings. The molecule has 0 amide bonds. The van der Waals surface area contributed by atoms with E-state index in [4.69, 9.17) is 4.74 Å². The molecule has 3 aromatic rings. The molecule has 1 aromatic heterocycles. The largest absolute Gasteiger partial charge is 0.490 e. The van der Waals surface area contributed by atoms with Crippen molar-refractivity contribution in [2.45, 2.75) is 19.3 Å². The number of aromatic nitrogens is 2. The highest BCUT2D eigenvalue weighted by atomic mass is 19.1. The third-order valence-electron chi connectivity index (χ3n) is 4.85. The molecule has 1 aliphatic rings. The Bertz CT molecular complexity index is 1120. The number of anilines is 3. The smallest absolute Gasteiger partial charge is 0.337 e. The molecule has 2 aromatic carbocycles. The molecular formula is C22H20F2N4O3. The molecule has 3 N–H and O–H groups in total. The summed E-state index contributed by atoms with van der Waals surface area (Å²) in [6, 6.07) is 8.77. The molecule has 0 aliphatic carbocycles. The highest BCUT2D eigenvalue weighted by molar-refractivity contribution is 5.95. The van der Waals surface area contributed by atoms with Gasteiger partial charge in [0.25, 0.3) is 0 Å². The Balaban J connectivity index is 1.75. The third-order valence-corrected chi connectivity index (χ3v) is 4.85. The summed E-state index contributed by atoms with van der Waals surface area (Å²) < 4.78 is 34.1. The Labute approximate surface area is 177 Å². The van der Waals surface area contributed by atoms with Crippen LogP contribution in [0.1, 0.15) is 29.6 Å². The topological polar surface area (TPSA) is 96.4 Å². The molecule has 0 unspecified atom stereocenters. The molecule has 6 bridgehead atoms. The standard InChI is InChI=1S/C22H20F2N4O3/c23-16-7-4-13-10-19(16)31-9-3-1-2-8-25-18-11-14(5-6-15(18)21(29)30)27-22-26-12-17(24)20(13)28-22/h4-7,10-12,25H,1-3,8-9H2,(H,29,30)(H,26,27,28). The first-order chi connectivity index (χ1) is 15.0. The molecule has 4 rings (SSSR count). The van der Waals surface area contributed by atoms with E-state index >= 15 is 0 Å². The van der Waals surface area contributed by atoms with Crippen molar-refractivity contribution in [3.8, 4) is 17.0 Å². The average molecular weight is 426 g/mol. The van der Waals surface area contributed by atoms with Crippen molar-refractivity contribution in [1.82, 2.24) is 9.97 Å². The number of rotatable bonds is 1. The number of aromatic carboxylic acids is 1. The fraction of sp³-hybridized carbons (Fsp3) is 0.227. The monoisotopic (exact) mass is 426 g/mol. The van der Waals surface area contributed by atoms with Crippen LogP contribution < -0.4 is 15.4 Å². The Kier molecular flexibility index (Phi) is 5.92. The van der Waals surface area contributed by atoms with Crippen LogP contribution >= 0.6 is 0 Å². The van der Waals surface area contributed by atoms with Gasteiger partial charge in [-0.15, -0.1) is 0 Å². The summed E-state index contributed by atoms with van der Waals surface area (Å²) in [5.74, 6) is -2.10. The van der Waals surface area contributed by atoms with E-state index < -0.39 is 17.6 Å². The van der Waals surface area contributed by atoms with E-state index in [0.29, 0.717) is 36.5 Å². The molecule has 31 heavy (non-hydrogen) atoms. The van der Waals surface area contributed by atoms with E-state index in [9.17, 15) is 18.7 Å². The molecule has 1 aliphatic heterocycles. The summed E-state index contributed by atoms with van der Waals surface area (Å²) >= 11 is 0. The van der Waals surface area contributed by atoms with Crippen LogP contribution in [0.15, 0.2) is 42.6 Å². The molecule has 0 spiro atoms. The van der Waals surface area contributed by atoms with Gasteiger partial charge in [-0.2, -0.15) is 0 Å². The van der Waals surface area contributed by atoms with Crippen molar-refractivity contribution in [3.05, 3.63) is 59.8 Å². The highest BCUT2D eigenvalue weighted by Crippen LogP contribution is 2.29. The molecule has 9 heteroatoms. The lowest BCUT2D eigenvalue weighted by Gasteiger charge is -2.13. The molecule has 0 saturated carbocycles. The number of carbonyl (C=O) groups is 1. The van der Waals surface area contributed by atoms with Crippen LogP contribution in [-0.2, 0) is 0 Å². The van der Waals surface area contributed by atoms with Crippen molar-refractivity contribution in [3.63, 3.8) is 0 Å². The first-order valence-electron chi connectivity index (χ1n) is 9.85. The Morgan fingerprint density at radius 2 is 1.94 bits per heavy atom. The van der Waals surface area contributed by atoms with Crippen LogP contribution in [0.3, 0.4) is 0 Å². The summed E-state index contributed by atoms with van der Waals surface area (Å²) in [4.78, 5) is 19.7. The predicted molar refractivity (Wildman–Crippen MR) is 112 cm³/mol. The summed E-state index contributed by atoms with van der Waals surface area (Å²) in [5.41, 5.74) is 1.48. The van der Waals surface area contributed by atoms with Gasteiger partial charge < -0.3 is 20.5 Å². The van der Waals surface area contributed by atoms with Crippen molar-refractivity contribution < 1.29 is 23.4 Å². The number of benzene rings is 2. The number of carboxylic acid groups (broad SMARTS) is 1. The summed E-state index contributed by atoms with van der Waals surface area (Å²) in [6.07, 6.45) is 3.28. The normalized spacial score (nSPS) is 13.9. The zero-order chi connectivity index (χ0) is 21.8. The molecular weight excluding hydrogens is 406 g/mol. The maximum absolute atomic E-state index is 14.4. The van der Waals surface area contributed by atoms with Gasteiger partial charge in [0.2, 0.25) is 5.95 Å². The number of nitrogens with one attached hydrogen (secondary N) is 2. The number of hydrogen-bond acceptors (Lipinski definition) is 6. The summed E-state index contributed by atoms with van der Waals surface area (Å²) in [7, 11) is 0. The van der Waals surface area contributed by atoms with Crippen LogP contribution in [0.25, 0.3) is 11.3 Å². The third kappa shape index (κ3) is 4.71. The van der Waals surface area contributed by atoms with Crippen LogP contribution in [0.2, 0.25) is 0 Å². The lowest BCUT2D eigenvalue weighted by atomic mass is 10.1. The molecule has 0 saturated heterocycles. The van der Waals surface area contributed by atoms with Crippen LogP contribution in [0.4, 0.5) is 26.1 Å². The van der Waals surface area contributed by atoms with Crippen molar-refractivity contribution in [2.75, 3.05) is 23.8 Å². The molecule has 0 radical (unpaired) electrons. The second kappa shape index (κ2) is 8.95. The first-order valence-corrected chi connectivity index (χ1v) is 9.85. The molecule has 2 heterocycles. The van der Waals surface area contributed by atoms with Gasteiger partial charge in [0.05, 0.1) is 24.1 Å². The van der Waals surface area contributed by atoms with E-state index in [1.54, 1.807) is 12.1 Å². The van der Waals surface area contributed by atoms with Gasteiger partial charge in [-0.3, -0.25) is 0 Å². The van der Waals surface area contributed by atoms with E-state index in [2.05, 4.69) is 20.6 Å². The maximum atomic E-state index is 14.4. The number of hydrogen-bond donors (Lipinski definition) is 3. The van der Waals surface area contributed by atoms with Gasteiger partial charge in [-0.25, -0.2) is 23.5 Å². The van der Waals surface area contributed by atoms with Gasteiger partial charge in [0.15, 0.2) is 17.4 Å². The highest BCUT2D eigenvalue weighted by Gasteiger charge is 2.15. The number of ether oxygens (including phenoxy) is 1. The van der Waals surface area contributed by atoms with Gasteiger partial charge in [-0.1, -0.05) is 0 Å². The van der Waals surface area contributed by atoms with Crippen molar-refractivity contribution in [2.24, 2.45) is 0 Å². The quantitative estimate of drug-likeness (QED) is 0.512. The molecule has 160 valence electrons. The number of halogens is 2. The fourth-order valence-corrected chi connectivity index (χ4v) is 3.28. The summed E-state index contributed by atoms with van der Waals surface area (Å²) in [6.45, 7) is 0.861. The second-order valence-electron chi connectivity index (χ2n) is 7.06. The fourth-order valence-electron chi connectivity index (χ4n) is 3.28. The minimum Gasteiger partial charge on any atom is -0.490 e. The van der Waals surface area contributed by atoms with Crippen molar-refractivity contribution >= 4 is 23.3 Å². The Hall–Kier alpha value is -3.75. The van der Waals surface area contributed by atoms with Crippen LogP contribution in [-0.4, -0.2) is 34.2 Å². The van der Waals surface area contributed by atoms with Gasteiger partial charge in [0, 0.05) is 17.8 Å². The van der Waals surface area contributed by atoms with Crippen LogP contribution in [0.5, 0.6) is 5.75 Å². The summed E-state index contributed by atoms with van der Waals surface area (Å²) in [5, 5.41) is 15.5. The second-order valence-corrected chi connectivity index (χ2v) is 7.06. The Morgan fingerprint density at radius 3 is 2.77 bits per heavy atom. The van der Waals surface area contributed by atoms with Gasteiger partial charge in [-0.05, 0) is 55.7 Å². The number of nitrogens with zero attached hydrogens (tertiary/aromatic N) is 2. The van der Waals surface area contributed by atoms with Gasteiger partial charge >= 0.3 is 5.97 Å². The zero-order valence-electron chi connectivity index (χ0n) is 16.5. The predicted octanol–water partition coefficient (Wildman–Crippen LogP) is 4.84. The maximum Gasteiger partial charge on any atom is 0.337 e. The van der Waals surface area contributed by atoms with Crippen LogP contribution in [0, 0.1) is 11.6 Å². The lowest BCUT2D eigenvalue weighted by Crippen LogP contribution is -2.09. The van der Waals surface area contributed by atoms with Gasteiger partial charge in [0.1, 0.15) is 5.69 Å². The molecule has 0 atom stereocenters. The molecule has 7 nitrogen and oxygen atoms in total. The SMILES string of the molecule is O=C(O)c1ccc2cc1NCCCCCOc1cc(ccc1F)-c1nc(ncc1F)N2. The first kappa shape index (κ1) is 20.5. The zero-order valence-corrected chi connectivity index (χ0v) is 16.5.